The summed E-state index contributed by atoms with van der Waals surface area (Å²) in [4.78, 5) is 16.3. The van der Waals surface area contributed by atoms with Gasteiger partial charge in [-0.05, 0) is 51.9 Å². The first-order chi connectivity index (χ1) is 9.71. The van der Waals surface area contributed by atoms with Crippen LogP contribution in [0.5, 0.6) is 0 Å². The summed E-state index contributed by atoms with van der Waals surface area (Å²) in [6.07, 6.45) is 5.11. The van der Waals surface area contributed by atoms with E-state index in [0.717, 1.165) is 45.6 Å². The molecule has 0 bridgehead atoms. The average Bonchev–Trinajstić information content (AvgIpc) is 2.70. The number of carbonyl (C=O) groups excluding carboxylic acids is 1. The van der Waals surface area contributed by atoms with Gasteiger partial charge in [0.05, 0.1) is 0 Å². The van der Waals surface area contributed by atoms with E-state index < -0.39 is 0 Å². The minimum atomic E-state index is 0.149. The lowest BCUT2D eigenvalue weighted by Crippen LogP contribution is -2.39. The Hall–Kier alpha value is -0.650. The fourth-order valence-corrected chi connectivity index (χ4v) is 3.01. The summed E-state index contributed by atoms with van der Waals surface area (Å²) in [5.41, 5.74) is 5.71. The third kappa shape index (κ3) is 6.20. The van der Waals surface area contributed by atoms with E-state index in [1.807, 2.05) is 0 Å². The molecule has 1 fully saturated rings. The molecule has 0 saturated carbocycles. The quantitative estimate of drug-likeness (QED) is 0.687. The van der Waals surface area contributed by atoms with Gasteiger partial charge in [0.15, 0.2) is 0 Å². The molecule has 1 aliphatic rings. The summed E-state index contributed by atoms with van der Waals surface area (Å²) in [6, 6.07) is 0.644. The Kier molecular flexibility index (Phi) is 8.82. The van der Waals surface area contributed by atoms with Crippen LogP contribution in [0.2, 0.25) is 0 Å². The predicted octanol–water partition coefficient (Wildman–Crippen LogP) is 0.648. The van der Waals surface area contributed by atoms with Gasteiger partial charge in [-0.25, -0.2) is 0 Å². The van der Waals surface area contributed by atoms with E-state index in [1.54, 1.807) is 7.05 Å². The summed E-state index contributed by atoms with van der Waals surface area (Å²) in [7, 11) is 1.70. The van der Waals surface area contributed by atoms with Crippen LogP contribution in [0.4, 0.5) is 0 Å². The van der Waals surface area contributed by atoms with E-state index in [9.17, 15) is 4.79 Å². The Morgan fingerprint density at radius 1 is 1.30 bits per heavy atom. The molecule has 20 heavy (non-hydrogen) atoms. The Morgan fingerprint density at radius 3 is 2.75 bits per heavy atom. The van der Waals surface area contributed by atoms with E-state index in [1.165, 1.54) is 19.4 Å². The van der Waals surface area contributed by atoms with Crippen molar-refractivity contribution in [2.24, 2.45) is 5.73 Å². The third-order valence-corrected chi connectivity index (χ3v) is 4.27. The summed E-state index contributed by atoms with van der Waals surface area (Å²) in [6.45, 7) is 8.67. The zero-order valence-electron chi connectivity index (χ0n) is 13.2. The van der Waals surface area contributed by atoms with Gasteiger partial charge in [0.25, 0.3) is 0 Å². The SMILES string of the molecule is CCC(CCN)N1CCCN(CCCC(=O)NC)CC1. The maximum Gasteiger partial charge on any atom is 0.219 e. The highest BCUT2D eigenvalue weighted by atomic mass is 16.1. The number of hydrogen-bond acceptors (Lipinski definition) is 4. The Morgan fingerprint density at radius 2 is 2.10 bits per heavy atom. The molecule has 3 N–H and O–H groups in total. The second kappa shape index (κ2) is 10.1. The van der Waals surface area contributed by atoms with E-state index in [0.29, 0.717) is 12.5 Å². The monoisotopic (exact) mass is 284 g/mol. The highest BCUT2D eigenvalue weighted by molar-refractivity contribution is 5.75. The molecule has 1 aliphatic heterocycles. The van der Waals surface area contributed by atoms with E-state index in [4.69, 9.17) is 5.73 Å². The maximum atomic E-state index is 11.2. The molecule has 1 rings (SSSR count). The third-order valence-electron chi connectivity index (χ3n) is 4.27. The average molecular weight is 284 g/mol. The van der Waals surface area contributed by atoms with Crippen LogP contribution < -0.4 is 11.1 Å². The zero-order chi connectivity index (χ0) is 14.8. The minimum absolute atomic E-state index is 0.149. The standard InChI is InChI=1S/C15H32N4O/c1-3-14(7-8-16)19-11-5-10-18(12-13-19)9-4-6-15(20)17-2/h14H,3-13,16H2,1-2H3,(H,17,20). The Labute approximate surface area is 123 Å². The highest BCUT2D eigenvalue weighted by Crippen LogP contribution is 2.12. The molecule has 0 aromatic carbocycles. The summed E-state index contributed by atoms with van der Waals surface area (Å²) >= 11 is 0. The predicted molar refractivity (Wildman–Crippen MR) is 83.7 cm³/mol. The van der Waals surface area contributed by atoms with Gasteiger partial charge in [-0.15, -0.1) is 0 Å². The molecular weight excluding hydrogens is 252 g/mol. The van der Waals surface area contributed by atoms with Crippen molar-refractivity contribution in [3.63, 3.8) is 0 Å². The van der Waals surface area contributed by atoms with Crippen LogP contribution >= 0.6 is 0 Å². The second-order valence-electron chi connectivity index (χ2n) is 5.65. The zero-order valence-corrected chi connectivity index (χ0v) is 13.2. The molecule has 0 spiro atoms. The van der Waals surface area contributed by atoms with Crippen LogP contribution in [0, 0.1) is 0 Å². The number of hydrogen-bond donors (Lipinski definition) is 2. The van der Waals surface area contributed by atoms with Crippen molar-refractivity contribution in [1.82, 2.24) is 15.1 Å². The maximum absolute atomic E-state index is 11.2. The summed E-state index contributed by atoms with van der Waals surface area (Å²) in [5.74, 6) is 0.149. The highest BCUT2D eigenvalue weighted by Gasteiger charge is 2.20. The van der Waals surface area contributed by atoms with Crippen molar-refractivity contribution in [2.45, 2.75) is 45.1 Å². The lowest BCUT2D eigenvalue weighted by atomic mass is 10.1. The first kappa shape index (κ1) is 17.4. The topological polar surface area (TPSA) is 61.6 Å². The molecule has 1 amide bonds. The van der Waals surface area contributed by atoms with Gasteiger partial charge in [0.2, 0.25) is 5.91 Å². The fraction of sp³-hybridized carbons (Fsp3) is 0.933. The second-order valence-corrected chi connectivity index (χ2v) is 5.65. The number of nitrogens with zero attached hydrogens (tertiary/aromatic N) is 2. The van der Waals surface area contributed by atoms with E-state index in [-0.39, 0.29) is 5.91 Å². The van der Waals surface area contributed by atoms with Crippen LogP contribution in [0.3, 0.4) is 0 Å². The largest absolute Gasteiger partial charge is 0.359 e. The molecule has 1 heterocycles. The molecule has 1 saturated heterocycles. The van der Waals surface area contributed by atoms with Crippen molar-refractivity contribution in [3.8, 4) is 0 Å². The fourth-order valence-electron chi connectivity index (χ4n) is 3.01. The number of nitrogens with one attached hydrogen (secondary N) is 1. The summed E-state index contributed by atoms with van der Waals surface area (Å²) < 4.78 is 0. The molecule has 5 heteroatoms. The van der Waals surface area contributed by atoms with Gasteiger partial charge in [-0.1, -0.05) is 6.92 Å². The first-order valence-electron chi connectivity index (χ1n) is 8.08. The number of nitrogens with two attached hydrogens (primary N) is 1. The molecular formula is C15H32N4O. The van der Waals surface area contributed by atoms with Crippen molar-refractivity contribution in [2.75, 3.05) is 46.3 Å². The first-order valence-corrected chi connectivity index (χ1v) is 8.08. The molecule has 0 aromatic rings. The number of amides is 1. The van der Waals surface area contributed by atoms with Crippen LogP contribution in [0.15, 0.2) is 0 Å². The molecule has 0 aromatic heterocycles. The van der Waals surface area contributed by atoms with Gasteiger partial charge in [-0.3, -0.25) is 9.69 Å². The van der Waals surface area contributed by atoms with Crippen LogP contribution in [-0.2, 0) is 4.79 Å². The molecule has 1 atom stereocenters. The lowest BCUT2D eigenvalue weighted by molar-refractivity contribution is -0.120. The Bertz CT molecular complexity index is 273. The van der Waals surface area contributed by atoms with Gasteiger partial charge < -0.3 is 16.0 Å². The molecule has 118 valence electrons. The van der Waals surface area contributed by atoms with Crippen LogP contribution in [0.25, 0.3) is 0 Å². The Balaban J connectivity index is 2.29. The van der Waals surface area contributed by atoms with Gasteiger partial charge in [-0.2, -0.15) is 0 Å². The number of rotatable bonds is 8. The van der Waals surface area contributed by atoms with Crippen LogP contribution in [0.1, 0.15) is 39.0 Å². The minimum Gasteiger partial charge on any atom is -0.359 e. The van der Waals surface area contributed by atoms with Gasteiger partial charge >= 0.3 is 0 Å². The summed E-state index contributed by atoms with van der Waals surface area (Å²) in [5, 5.41) is 2.68. The molecule has 5 nitrogen and oxygen atoms in total. The van der Waals surface area contributed by atoms with Crippen LogP contribution in [-0.4, -0.2) is 68.1 Å². The van der Waals surface area contributed by atoms with Gasteiger partial charge in [0, 0.05) is 32.6 Å². The van der Waals surface area contributed by atoms with Crippen molar-refractivity contribution in [1.29, 1.82) is 0 Å². The smallest absolute Gasteiger partial charge is 0.219 e. The molecule has 0 aliphatic carbocycles. The van der Waals surface area contributed by atoms with Crippen molar-refractivity contribution in [3.05, 3.63) is 0 Å². The van der Waals surface area contributed by atoms with E-state index >= 15 is 0 Å². The normalized spacial score (nSPS) is 19.6. The number of carbonyl (C=O) groups is 1. The molecule has 1 unspecified atom stereocenters. The lowest BCUT2D eigenvalue weighted by Gasteiger charge is -2.29. The molecule has 0 radical (unpaired) electrons. The van der Waals surface area contributed by atoms with Crippen molar-refractivity contribution >= 4 is 5.91 Å². The van der Waals surface area contributed by atoms with E-state index in [2.05, 4.69) is 22.0 Å². The van der Waals surface area contributed by atoms with Gasteiger partial charge in [0.1, 0.15) is 0 Å². The van der Waals surface area contributed by atoms with Crippen molar-refractivity contribution < 1.29 is 4.79 Å².